The molecule has 0 unspecified atom stereocenters. The van der Waals surface area contributed by atoms with Gasteiger partial charge >= 0.3 is 0 Å². The van der Waals surface area contributed by atoms with E-state index in [4.69, 9.17) is 0 Å². The van der Waals surface area contributed by atoms with E-state index in [1.807, 2.05) is 11.8 Å². The van der Waals surface area contributed by atoms with Gasteiger partial charge in [-0.3, -0.25) is 0 Å². The van der Waals surface area contributed by atoms with E-state index >= 15 is 0 Å². The van der Waals surface area contributed by atoms with Crippen LogP contribution >= 0.6 is 11.8 Å². The van der Waals surface area contributed by atoms with Crippen LogP contribution in [0, 0.1) is 0 Å². The number of aromatic nitrogens is 2. The third-order valence-electron chi connectivity index (χ3n) is 11.5. The molecule has 0 N–H and O–H groups in total. The maximum Gasteiger partial charge on any atom is 0.0558 e. The van der Waals surface area contributed by atoms with Crippen LogP contribution in [0.3, 0.4) is 0 Å². The predicted octanol–water partition coefficient (Wildman–Crippen LogP) is 14.5. The Morgan fingerprint density at radius 2 is 0.836 bits per heavy atom. The summed E-state index contributed by atoms with van der Waals surface area (Å²) in [5.41, 5.74) is 14.6. The van der Waals surface area contributed by atoms with Crippen LogP contribution < -0.4 is 0 Å². The largest absolute Gasteiger partial charge is 0.309 e. The van der Waals surface area contributed by atoms with Crippen molar-refractivity contribution in [3.05, 3.63) is 194 Å². The molecule has 0 aliphatic carbocycles. The van der Waals surface area contributed by atoms with Crippen molar-refractivity contribution in [3.8, 4) is 44.8 Å². The van der Waals surface area contributed by atoms with Gasteiger partial charge in [-0.2, -0.15) is 0 Å². The number of nitrogens with zero attached hydrogens (tertiary/aromatic N) is 2. The second-order valence-electron chi connectivity index (χ2n) is 14.5. The summed E-state index contributed by atoms with van der Waals surface area (Å²) in [7, 11) is 0. The van der Waals surface area contributed by atoms with Crippen LogP contribution in [0.4, 0.5) is 0 Å². The number of rotatable bonds is 4. The molecular formula is C52H32N2S. The molecule has 0 atom stereocenters. The first-order valence-electron chi connectivity index (χ1n) is 18.8. The molecule has 0 amide bonds. The maximum absolute atomic E-state index is 2.46. The summed E-state index contributed by atoms with van der Waals surface area (Å²) in [6, 6.07) is 71.4. The second-order valence-corrected chi connectivity index (χ2v) is 15.6. The van der Waals surface area contributed by atoms with Gasteiger partial charge in [0.25, 0.3) is 0 Å². The van der Waals surface area contributed by atoms with E-state index in [0.29, 0.717) is 0 Å². The number of hydrogen-bond donors (Lipinski definition) is 0. The molecule has 1 aliphatic heterocycles. The molecule has 0 saturated carbocycles. The van der Waals surface area contributed by atoms with E-state index in [1.54, 1.807) is 0 Å². The Labute approximate surface area is 322 Å². The average molecular weight is 717 g/mol. The summed E-state index contributed by atoms with van der Waals surface area (Å²) in [6.07, 6.45) is 0. The lowest BCUT2D eigenvalue weighted by Crippen LogP contribution is -1.98. The van der Waals surface area contributed by atoms with Crippen molar-refractivity contribution < 1.29 is 0 Å². The van der Waals surface area contributed by atoms with Gasteiger partial charge in [-0.1, -0.05) is 151 Å². The zero-order chi connectivity index (χ0) is 36.0. The van der Waals surface area contributed by atoms with Crippen molar-refractivity contribution >= 4 is 66.1 Å². The minimum Gasteiger partial charge on any atom is -0.309 e. The molecule has 9 aromatic carbocycles. The lowest BCUT2D eigenvalue weighted by Gasteiger charge is -2.21. The quantitative estimate of drug-likeness (QED) is 0.176. The molecule has 0 spiro atoms. The fourth-order valence-corrected chi connectivity index (χ4v) is 10.2. The van der Waals surface area contributed by atoms with Crippen molar-refractivity contribution in [2.24, 2.45) is 0 Å². The third-order valence-corrected chi connectivity index (χ3v) is 12.6. The van der Waals surface area contributed by atoms with Crippen molar-refractivity contribution in [3.63, 3.8) is 0 Å². The van der Waals surface area contributed by atoms with E-state index in [2.05, 4.69) is 203 Å². The molecule has 0 bridgehead atoms. The third kappa shape index (κ3) is 4.57. The Bertz CT molecular complexity index is 3220. The van der Waals surface area contributed by atoms with Gasteiger partial charge in [-0.25, -0.2) is 0 Å². The fourth-order valence-electron chi connectivity index (χ4n) is 9.05. The summed E-state index contributed by atoms with van der Waals surface area (Å²) in [5.74, 6) is 0. The fraction of sp³-hybridized carbons (Fsp3) is 0. The van der Waals surface area contributed by atoms with Gasteiger partial charge in [0.05, 0.1) is 22.1 Å². The zero-order valence-corrected chi connectivity index (χ0v) is 30.6. The van der Waals surface area contributed by atoms with Gasteiger partial charge < -0.3 is 9.13 Å². The number of fused-ring (bicyclic) bond motifs is 9. The van der Waals surface area contributed by atoms with Gasteiger partial charge in [0.1, 0.15) is 0 Å². The van der Waals surface area contributed by atoms with Crippen LogP contribution in [0.2, 0.25) is 0 Å². The van der Waals surface area contributed by atoms with E-state index in [0.717, 1.165) is 11.4 Å². The van der Waals surface area contributed by atoms with Crippen LogP contribution in [0.5, 0.6) is 0 Å². The van der Waals surface area contributed by atoms with Crippen LogP contribution in [-0.2, 0) is 0 Å². The molecule has 0 saturated heterocycles. The van der Waals surface area contributed by atoms with Gasteiger partial charge in [-0.15, -0.1) is 0 Å². The molecule has 11 aromatic rings. The number of benzene rings is 9. The van der Waals surface area contributed by atoms with Gasteiger partial charge in [0, 0.05) is 48.1 Å². The first-order chi connectivity index (χ1) is 27.3. The van der Waals surface area contributed by atoms with Crippen LogP contribution in [0.1, 0.15) is 0 Å². The summed E-state index contributed by atoms with van der Waals surface area (Å²) in [4.78, 5) is 2.62. The molecular weight excluding hydrogens is 685 g/mol. The normalized spacial score (nSPS) is 12.3. The highest BCUT2D eigenvalue weighted by atomic mass is 32.2. The Morgan fingerprint density at radius 1 is 0.291 bits per heavy atom. The first-order valence-corrected chi connectivity index (χ1v) is 19.7. The Hall–Kier alpha value is -6.81. The highest BCUT2D eigenvalue weighted by molar-refractivity contribution is 7.99. The topological polar surface area (TPSA) is 9.86 Å². The van der Waals surface area contributed by atoms with E-state index in [-0.39, 0.29) is 0 Å². The highest BCUT2D eigenvalue weighted by Crippen LogP contribution is 2.51. The Balaban J connectivity index is 1.08. The van der Waals surface area contributed by atoms with Gasteiger partial charge in [0.2, 0.25) is 0 Å². The summed E-state index contributed by atoms with van der Waals surface area (Å²) < 4.78 is 4.91. The maximum atomic E-state index is 2.46. The molecule has 0 fully saturated rings. The first kappa shape index (κ1) is 30.6. The lowest BCUT2D eigenvalue weighted by molar-refractivity contribution is 1.14. The molecule has 2 aromatic heterocycles. The summed E-state index contributed by atoms with van der Waals surface area (Å²) >= 11 is 1.89. The second kappa shape index (κ2) is 11.8. The van der Waals surface area contributed by atoms with Crippen LogP contribution in [0.15, 0.2) is 204 Å². The Morgan fingerprint density at radius 3 is 1.51 bits per heavy atom. The molecule has 0 radical (unpaired) electrons. The number of para-hydroxylation sites is 1. The van der Waals surface area contributed by atoms with Gasteiger partial charge in [-0.05, 0) is 93.4 Å². The molecule has 12 rings (SSSR count). The summed E-state index contributed by atoms with van der Waals surface area (Å²) in [5, 5.41) is 7.75. The minimum absolute atomic E-state index is 1.14. The van der Waals surface area contributed by atoms with Crippen LogP contribution in [-0.4, -0.2) is 9.13 Å². The molecule has 1 aliphatic rings. The van der Waals surface area contributed by atoms with E-state index in [1.165, 1.54) is 97.6 Å². The molecule has 256 valence electrons. The molecule has 55 heavy (non-hydrogen) atoms. The molecule has 2 nitrogen and oxygen atoms in total. The lowest BCUT2D eigenvalue weighted by atomic mass is 9.95. The van der Waals surface area contributed by atoms with E-state index < -0.39 is 0 Å². The highest BCUT2D eigenvalue weighted by Gasteiger charge is 2.24. The van der Waals surface area contributed by atoms with Crippen molar-refractivity contribution in [1.29, 1.82) is 0 Å². The minimum atomic E-state index is 1.14. The standard InChI is InChI=1S/C52H32N2S/c1-3-12-33(13-4-1)35-22-28-39-40-29-23-36(34-14-5-2-6-15-34)31-47(40)54(46(39)30-35)38-26-24-37(25-27-38)53-45-20-9-7-17-43(45)51-44-19-11-18-42-41-16-8-10-21-49(41)55-50(52(42)44)32-48(51)53/h1-32H. The monoisotopic (exact) mass is 716 g/mol. The molecule has 3 heterocycles. The van der Waals surface area contributed by atoms with Crippen molar-refractivity contribution in [2.75, 3.05) is 0 Å². The van der Waals surface area contributed by atoms with Crippen molar-refractivity contribution in [2.45, 2.75) is 9.79 Å². The smallest absolute Gasteiger partial charge is 0.0558 e. The summed E-state index contributed by atoms with van der Waals surface area (Å²) in [6.45, 7) is 0. The van der Waals surface area contributed by atoms with E-state index in [9.17, 15) is 0 Å². The van der Waals surface area contributed by atoms with Gasteiger partial charge in [0.15, 0.2) is 0 Å². The van der Waals surface area contributed by atoms with Crippen LogP contribution in [0.25, 0.3) is 99.1 Å². The average Bonchev–Trinajstić information content (AvgIpc) is 3.76. The zero-order valence-electron chi connectivity index (χ0n) is 29.8. The SMILES string of the molecule is c1ccc(-c2ccc3c4ccc(-c5ccccc5)cc4n(-c4ccc(-n5c6ccccc6c6c7cccc8c7c(cc65)Sc5ccccc5-8)cc4)c3c2)cc1. The molecule has 3 heteroatoms. The van der Waals surface area contributed by atoms with Crippen molar-refractivity contribution in [1.82, 2.24) is 9.13 Å². The predicted molar refractivity (Wildman–Crippen MR) is 233 cm³/mol. The number of hydrogen-bond acceptors (Lipinski definition) is 1. The Kier molecular flexibility index (Phi) is 6.60.